The molecule has 0 spiro atoms. The fraction of sp³-hybridized carbons (Fsp3) is 0.548. The number of benzene rings is 1. The molecule has 0 bridgehead atoms. The number of nitrogens with zero attached hydrogens (tertiary/aromatic N) is 4. The Hall–Kier alpha value is -4.26. The van der Waals surface area contributed by atoms with Crippen LogP contribution in [0.2, 0.25) is 0 Å². The Balaban J connectivity index is 1.50. The van der Waals surface area contributed by atoms with E-state index in [4.69, 9.17) is 18.9 Å². The highest BCUT2D eigenvalue weighted by Gasteiger charge is 2.31. The standard InChI is InChI=1S/C31H41N5O8/c1-3-42-27(37)21-41-19-14-24(30(39)35-15-17-36(18-16-35)31(40)43-4-2)33-29(38)25-20-26(44-23-12-8-9-13-23)34-28(32-25)22-10-6-5-7-11-22/h5-7,10-11,20,23-24H,3-4,8-9,12-19,21H2,1-2H3,(H,33,38). The number of amides is 3. The highest BCUT2D eigenvalue weighted by Crippen LogP contribution is 2.25. The first kappa shape index (κ1) is 32.6. The largest absolute Gasteiger partial charge is 0.474 e. The van der Waals surface area contributed by atoms with Crippen molar-refractivity contribution in [3.8, 4) is 17.3 Å². The van der Waals surface area contributed by atoms with Crippen LogP contribution >= 0.6 is 0 Å². The van der Waals surface area contributed by atoms with Gasteiger partial charge in [0, 0.05) is 44.4 Å². The van der Waals surface area contributed by atoms with E-state index < -0.39 is 24.0 Å². The summed E-state index contributed by atoms with van der Waals surface area (Å²) < 4.78 is 21.5. The monoisotopic (exact) mass is 611 g/mol. The first-order valence-corrected chi connectivity index (χ1v) is 15.2. The van der Waals surface area contributed by atoms with Gasteiger partial charge in [-0.25, -0.2) is 14.6 Å². The van der Waals surface area contributed by atoms with Gasteiger partial charge in [0.2, 0.25) is 11.8 Å². The van der Waals surface area contributed by atoms with Gasteiger partial charge in [-0.05, 0) is 46.0 Å². The Kier molecular flexibility index (Phi) is 12.3. The number of piperazine rings is 1. The summed E-state index contributed by atoms with van der Waals surface area (Å²) >= 11 is 0. The van der Waals surface area contributed by atoms with Gasteiger partial charge in [-0.1, -0.05) is 30.3 Å². The van der Waals surface area contributed by atoms with Crippen molar-refractivity contribution in [3.63, 3.8) is 0 Å². The van der Waals surface area contributed by atoms with E-state index in [1.54, 1.807) is 23.6 Å². The van der Waals surface area contributed by atoms with E-state index in [9.17, 15) is 19.2 Å². The van der Waals surface area contributed by atoms with Crippen LogP contribution in [0.1, 0.15) is 56.4 Å². The van der Waals surface area contributed by atoms with E-state index in [-0.39, 0.29) is 63.6 Å². The molecule has 1 unspecified atom stereocenters. The molecule has 1 saturated carbocycles. The maximum atomic E-state index is 13.7. The lowest BCUT2D eigenvalue weighted by atomic mass is 10.1. The molecule has 1 saturated heterocycles. The maximum absolute atomic E-state index is 13.7. The summed E-state index contributed by atoms with van der Waals surface area (Å²) in [6.07, 6.45) is 3.67. The van der Waals surface area contributed by atoms with E-state index in [0.717, 1.165) is 31.2 Å². The molecule has 4 rings (SSSR count). The van der Waals surface area contributed by atoms with Crippen molar-refractivity contribution in [2.24, 2.45) is 0 Å². The minimum Gasteiger partial charge on any atom is -0.474 e. The fourth-order valence-electron chi connectivity index (χ4n) is 5.09. The van der Waals surface area contributed by atoms with Crippen LogP contribution in [0.25, 0.3) is 11.4 Å². The Morgan fingerprint density at radius 2 is 1.61 bits per heavy atom. The van der Waals surface area contributed by atoms with Crippen molar-refractivity contribution in [2.75, 3.05) is 52.6 Å². The molecule has 1 N–H and O–H groups in total. The number of aromatic nitrogens is 2. The van der Waals surface area contributed by atoms with Gasteiger partial charge in [0.25, 0.3) is 5.91 Å². The normalized spacial score (nSPS) is 15.9. The topological polar surface area (TPSA) is 149 Å². The number of carbonyl (C=O) groups excluding carboxylic acids is 4. The zero-order valence-corrected chi connectivity index (χ0v) is 25.4. The minimum atomic E-state index is -0.979. The third-order valence-electron chi connectivity index (χ3n) is 7.35. The van der Waals surface area contributed by atoms with Crippen LogP contribution in [0, 0.1) is 0 Å². The first-order chi connectivity index (χ1) is 21.4. The number of esters is 1. The molecule has 1 atom stereocenters. The third-order valence-corrected chi connectivity index (χ3v) is 7.35. The fourth-order valence-corrected chi connectivity index (χ4v) is 5.09. The summed E-state index contributed by atoms with van der Waals surface area (Å²) in [4.78, 5) is 63.3. The quantitative estimate of drug-likeness (QED) is 0.265. The van der Waals surface area contributed by atoms with Gasteiger partial charge in [0.05, 0.1) is 13.2 Å². The lowest BCUT2D eigenvalue weighted by molar-refractivity contribution is -0.148. The van der Waals surface area contributed by atoms with E-state index in [1.165, 1.54) is 6.07 Å². The molecule has 13 nitrogen and oxygen atoms in total. The van der Waals surface area contributed by atoms with Crippen LogP contribution in [-0.4, -0.2) is 108 Å². The SMILES string of the molecule is CCOC(=O)COCCC(NC(=O)c1cc(OC2CCCC2)nc(-c2ccccc2)n1)C(=O)N1CCN(C(=O)OCC)CC1. The molecule has 13 heteroatoms. The first-order valence-electron chi connectivity index (χ1n) is 15.2. The zero-order chi connectivity index (χ0) is 31.3. The summed E-state index contributed by atoms with van der Waals surface area (Å²) in [5, 5.41) is 2.82. The van der Waals surface area contributed by atoms with E-state index in [1.807, 2.05) is 30.3 Å². The van der Waals surface area contributed by atoms with Crippen LogP contribution < -0.4 is 10.1 Å². The molecule has 1 aromatic carbocycles. The molecule has 2 fully saturated rings. The number of nitrogens with one attached hydrogen (secondary N) is 1. The van der Waals surface area contributed by atoms with Crippen molar-refractivity contribution in [1.29, 1.82) is 0 Å². The number of rotatable bonds is 13. The van der Waals surface area contributed by atoms with E-state index in [0.29, 0.717) is 24.8 Å². The second-order valence-electron chi connectivity index (χ2n) is 10.5. The molecule has 1 aliphatic carbocycles. The minimum absolute atomic E-state index is 0.0172. The third kappa shape index (κ3) is 9.37. The molecule has 2 heterocycles. The van der Waals surface area contributed by atoms with Crippen molar-refractivity contribution in [2.45, 2.75) is 58.1 Å². The summed E-state index contributed by atoms with van der Waals surface area (Å²) in [6, 6.07) is 9.80. The number of carbonyl (C=O) groups is 4. The van der Waals surface area contributed by atoms with Crippen molar-refractivity contribution in [1.82, 2.24) is 25.1 Å². The number of hydrogen-bond donors (Lipinski definition) is 1. The average molecular weight is 612 g/mol. The molecule has 44 heavy (non-hydrogen) atoms. The van der Waals surface area contributed by atoms with Gasteiger partial charge in [0.15, 0.2) is 5.82 Å². The number of ether oxygens (including phenoxy) is 4. The van der Waals surface area contributed by atoms with Crippen LogP contribution in [0.3, 0.4) is 0 Å². The Bertz CT molecular complexity index is 1260. The van der Waals surface area contributed by atoms with E-state index in [2.05, 4.69) is 15.3 Å². The molecular formula is C31H41N5O8. The summed E-state index contributed by atoms with van der Waals surface area (Å²) in [5.74, 6) is -0.788. The highest BCUT2D eigenvalue weighted by molar-refractivity contribution is 5.96. The maximum Gasteiger partial charge on any atom is 0.409 e. The van der Waals surface area contributed by atoms with Gasteiger partial charge in [-0.2, -0.15) is 4.98 Å². The Morgan fingerprint density at radius 1 is 0.932 bits per heavy atom. The predicted octanol–water partition coefficient (Wildman–Crippen LogP) is 2.83. The smallest absolute Gasteiger partial charge is 0.409 e. The highest BCUT2D eigenvalue weighted by atomic mass is 16.6. The van der Waals surface area contributed by atoms with Crippen LogP contribution in [0.4, 0.5) is 4.79 Å². The van der Waals surface area contributed by atoms with Crippen LogP contribution in [-0.2, 0) is 23.8 Å². The molecule has 238 valence electrons. The molecule has 1 aromatic heterocycles. The number of hydrogen-bond acceptors (Lipinski definition) is 10. The van der Waals surface area contributed by atoms with Gasteiger partial charge in [0.1, 0.15) is 24.4 Å². The molecule has 2 aromatic rings. The van der Waals surface area contributed by atoms with Crippen molar-refractivity contribution < 1.29 is 38.1 Å². The Morgan fingerprint density at radius 3 is 2.30 bits per heavy atom. The van der Waals surface area contributed by atoms with Gasteiger partial charge < -0.3 is 34.1 Å². The van der Waals surface area contributed by atoms with Gasteiger partial charge >= 0.3 is 12.1 Å². The molecule has 0 radical (unpaired) electrons. The predicted molar refractivity (Wildman–Crippen MR) is 159 cm³/mol. The van der Waals surface area contributed by atoms with Crippen LogP contribution in [0.5, 0.6) is 5.88 Å². The van der Waals surface area contributed by atoms with Gasteiger partial charge in [-0.3, -0.25) is 9.59 Å². The second-order valence-corrected chi connectivity index (χ2v) is 10.5. The summed E-state index contributed by atoms with van der Waals surface area (Å²) in [5.41, 5.74) is 0.780. The van der Waals surface area contributed by atoms with Crippen LogP contribution in [0.15, 0.2) is 36.4 Å². The zero-order valence-electron chi connectivity index (χ0n) is 25.4. The Labute approximate surface area is 257 Å². The molecule has 3 amide bonds. The van der Waals surface area contributed by atoms with Crippen molar-refractivity contribution in [3.05, 3.63) is 42.1 Å². The molecule has 1 aliphatic heterocycles. The molecule has 2 aliphatic rings. The van der Waals surface area contributed by atoms with Gasteiger partial charge in [-0.15, -0.1) is 0 Å². The van der Waals surface area contributed by atoms with E-state index >= 15 is 0 Å². The second kappa shape index (κ2) is 16.6. The van der Waals surface area contributed by atoms with Crippen molar-refractivity contribution >= 4 is 23.9 Å². The lowest BCUT2D eigenvalue weighted by Crippen LogP contribution is -2.56. The lowest BCUT2D eigenvalue weighted by Gasteiger charge is -2.36. The average Bonchev–Trinajstić information content (AvgIpc) is 3.55. The summed E-state index contributed by atoms with van der Waals surface area (Å²) in [7, 11) is 0. The summed E-state index contributed by atoms with van der Waals surface area (Å²) in [6.45, 7) is 4.84. The molecular weight excluding hydrogens is 570 g/mol.